The van der Waals surface area contributed by atoms with Gasteiger partial charge in [-0.3, -0.25) is 4.79 Å². The lowest BCUT2D eigenvalue weighted by molar-refractivity contribution is -0.190. The number of carbonyl (C=O) groups excluding carboxylic acids is 1. The minimum Gasteiger partial charge on any atom is -0.477 e. The van der Waals surface area contributed by atoms with Gasteiger partial charge >= 0.3 is 6.18 Å². The quantitative estimate of drug-likeness (QED) is 0.347. The number of halogens is 3. The summed E-state index contributed by atoms with van der Waals surface area (Å²) in [5.41, 5.74) is -1.42. The zero-order valence-corrected chi connectivity index (χ0v) is 25.3. The molecule has 2 fully saturated rings. The molecule has 1 aliphatic heterocycles. The van der Waals surface area contributed by atoms with Crippen LogP contribution in [0.25, 0.3) is 5.82 Å². The number of nitrogens with one attached hydrogen (secondary N) is 1. The fourth-order valence-corrected chi connectivity index (χ4v) is 6.48. The van der Waals surface area contributed by atoms with E-state index < -0.39 is 27.5 Å². The third-order valence-corrected chi connectivity index (χ3v) is 9.19. The summed E-state index contributed by atoms with van der Waals surface area (Å²) in [7, 11) is -4.12. The van der Waals surface area contributed by atoms with Gasteiger partial charge in [-0.15, -0.1) is 5.10 Å². The van der Waals surface area contributed by atoms with Crippen LogP contribution >= 0.6 is 13.5 Å². The van der Waals surface area contributed by atoms with Crippen molar-refractivity contribution >= 4 is 35.1 Å². The number of hydrogen-bond acceptors (Lipinski definition) is 7. The Morgan fingerprint density at radius 1 is 1.17 bits per heavy atom. The fourth-order valence-electron chi connectivity index (χ4n) is 5.49. The van der Waals surface area contributed by atoms with Crippen LogP contribution in [-0.2, 0) is 10.0 Å². The first-order valence-corrected chi connectivity index (χ1v) is 14.8. The zero-order chi connectivity index (χ0) is 29.6. The molecule has 1 saturated heterocycles. The van der Waals surface area contributed by atoms with E-state index in [1.165, 1.54) is 29.1 Å². The summed E-state index contributed by atoms with van der Waals surface area (Å²) in [6.45, 7) is 6.71. The van der Waals surface area contributed by atoms with Gasteiger partial charge in [-0.25, -0.2) is 22.8 Å². The number of ether oxygens (including phenoxy) is 1. The standard InChI is InChI=1S/C28H32F3N5O4S.H2S/c1-19-16-26(2,3)35(18-19)22-15-23(32-17-21(22)25(37)34-41(38,39)20-7-5-4-6-8-20)36-13-9-24(33-36)40-14-12-27(10-11-27)28(29,30)31;/h4-9,13,15,17,19H,10-12,14,16,18H2,1-3H3,(H,34,37);1H2/t19-;/m0./s1. The first-order valence-electron chi connectivity index (χ1n) is 13.4. The van der Waals surface area contributed by atoms with Crippen LogP contribution in [0.4, 0.5) is 18.9 Å². The van der Waals surface area contributed by atoms with Crippen molar-refractivity contribution in [3.8, 4) is 11.7 Å². The molecule has 3 aromatic rings. The highest BCUT2D eigenvalue weighted by Crippen LogP contribution is 2.59. The molecule has 2 aliphatic rings. The number of nitrogens with zero attached hydrogens (tertiary/aromatic N) is 4. The third-order valence-electron chi connectivity index (χ3n) is 7.84. The van der Waals surface area contributed by atoms with Gasteiger partial charge in [-0.05, 0) is 57.6 Å². The van der Waals surface area contributed by atoms with Gasteiger partial charge in [0.05, 0.1) is 28.2 Å². The maximum absolute atomic E-state index is 13.4. The van der Waals surface area contributed by atoms with E-state index in [1.54, 1.807) is 30.5 Å². The van der Waals surface area contributed by atoms with Gasteiger partial charge in [-0.2, -0.15) is 26.7 Å². The smallest absolute Gasteiger partial charge is 0.394 e. The second kappa shape index (κ2) is 11.4. The lowest BCUT2D eigenvalue weighted by atomic mass is 9.97. The van der Waals surface area contributed by atoms with E-state index in [1.807, 2.05) is 13.8 Å². The highest BCUT2D eigenvalue weighted by molar-refractivity contribution is 7.90. The Bertz CT molecular complexity index is 1540. The van der Waals surface area contributed by atoms with E-state index in [4.69, 9.17) is 4.74 Å². The minimum absolute atomic E-state index is 0. The van der Waals surface area contributed by atoms with E-state index in [0.717, 1.165) is 6.42 Å². The monoisotopic (exact) mass is 625 g/mol. The van der Waals surface area contributed by atoms with Gasteiger partial charge in [0.2, 0.25) is 5.88 Å². The van der Waals surface area contributed by atoms with Crippen LogP contribution in [-0.4, -0.2) is 54.0 Å². The van der Waals surface area contributed by atoms with Crippen molar-refractivity contribution in [1.82, 2.24) is 19.5 Å². The molecule has 9 nitrogen and oxygen atoms in total. The number of rotatable bonds is 9. The molecule has 1 aliphatic carbocycles. The zero-order valence-electron chi connectivity index (χ0n) is 23.5. The predicted molar refractivity (Wildman–Crippen MR) is 156 cm³/mol. The Labute approximate surface area is 250 Å². The van der Waals surface area contributed by atoms with Crippen molar-refractivity contribution in [1.29, 1.82) is 0 Å². The maximum Gasteiger partial charge on any atom is 0.394 e. The van der Waals surface area contributed by atoms with Crippen LogP contribution < -0.4 is 14.4 Å². The summed E-state index contributed by atoms with van der Waals surface area (Å²) >= 11 is 0. The Hall–Kier alpha value is -3.26. The SMILES string of the molecule is C[C@@H]1CN(c2cc(-n3ccc(OCCC4(C(F)(F)F)CC4)n3)ncc2C(=O)NS(=O)(=O)c2ccccc2)C(C)(C)C1.S. The first kappa shape index (κ1) is 31.7. The number of benzene rings is 1. The lowest BCUT2D eigenvalue weighted by Crippen LogP contribution is -2.40. The Morgan fingerprint density at radius 3 is 2.45 bits per heavy atom. The second-order valence-electron chi connectivity index (χ2n) is 11.5. The lowest BCUT2D eigenvalue weighted by Gasteiger charge is -2.35. The summed E-state index contributed by atoms with van der Waals surface area (Å²) in [5.74, 6) is -0.0120. The molecule has 0 spiro atoms. The van der Waals surface area contributed by atoms with E-state index in [0.29, 0.717) is 24.0 Å². The molecule has 3 heterocycles. The van der Waals surface area contributed by atoms with Crippen LogP contribution in [0.5, 0.6) is 5.88 Å². The number of pyridine rings is 1. The molecule has 0 bridgehead atoms. The van der Waals surface area contributed by atoms with Gasteiger partial charge in [0, 0.05) is 36.6 Å². The van der Waals surface area contributed by atoms with Gasteiger partial charge in [0.15, 0.2) is 5.82 Å². The summed E-state index contributed by atoms with van der Waals surface area (Å²) < 4.78 is 74.4. The van der Waals surface area contributed by atoms with Crippen LogP contribution in [0.1, 0.15) is 56.8 Å². The molecule has 1 amide bonds. The highest BCUT2D eigenvalue weighted by atomic mass is 32.2. The largest absolute Gasteiger partial charge is 0.477 e. The van der Waals surface area contributed by atoms with E-state index in [-0.39, 0.29) is 61.2 Å². The van der Waals surface area contributed by atoms with Gasteiger partial charge in [-0.1, -0.05) is 25.1 Å². The molecule has 228 valence electrons. The Kier molecular flexibility index (Phi) is 8.62. The summed E-state index contributed by atoms with van der Waals surface area (Å²) in [6.07, 6.45) is -0.433. The topological polar surface area (TPSA) is 106 Å². The molecule has 14 heteroatoms. The Morgan fingerprint density at radius 2 is 1.86 bits per heavy atom. The van der Waals surface area contributed by atoms with Crippen molar-refractivity contribution in [3.63, 3.8) is 0 Å². The van der Waals surface area contributed by atoms with Crippen molar-refractivity contribution < 1.29 is 31.1 Å². The fraction of sp³-hybridized carbons (Fsp3) is 0.464. The average molecular weight is 626 g/mol. The number of hydrogen-bond donors (Lipinski definition) is 1. The Balaban J connectivity index is 0.00000405. The van der Waals surface area contributed by atoms with Crippen molar-refractivity contribution in [2.45, 2.75) is 63.1 Å². The van der Waals surface area contributed by atoms with Gasteiger partial charge < -0.3 is 9.64 Å². The number of amides is 1. The highest BCUT2D eigenvalue weighted by Gasteiger charge is 2.62. The number of anilines is 1. The van der Waals surface area contributed by atoms with E-state index in [9.17, 15) is 26.4 Å². The normalized spacial score (nSPS) is 19.2. The molecule has 1 N–H and O–H groups in total. The van der Waals surface area contributed by atoms with Crippen LogP contribution in [0.15, 0.2) is 59.8 Å². The molecular weight excluding hydrogens is 591 g/mol. The molecule has 1 saturated carbocycles. The van der Waals surface area contributed by atoms with Crippen molar-refractivity contribution in [3.05, 3.63) is 60.4 Å². The first-order chi connectivity index (χ1) is 19.2. The average Bonchev–Trinajstić information content (AvgIpc) is 3.47. The predicted octanol–water partition coefficient (Wildman–Crippen LogP) is 5.24. The van der Waals surface area contributed by atoms with Gasteiger partial charge in [0.1, 0.15) is 0 Å². The molecular formula is C28H34F3N5O4S2. The minimum atomic E-state index is -4.24. The molecule has 5 rings (SSSR count). The van der Waals surface area contributed by atoms with Crippen LogP contribution in [0, 0.1) is 11.3 Å². The number of aromatic nitrogens is 3. The second-order valence-corrected chi connectivity index (χ2v) is 13.2. The molecule has 42 heavy (non-hydrogen) atoms. The van der Waals surface area contributed by atoms with E-state index >= 15 is 0 Å². The summed E-state index contributed by atoms with van der Waals surface area (Å²) in [4.78, 5) is 19.7. The summed E-state index contributed by atoms with van der Waals surface area (Å²) in [6, 6.07) is 10.8. The van der Waals surface area contributed by atoms with E-state index in [2.05, 4.69) is 26.6 Å². The number of carbonyl (C=O) groups is 1. The van der Waals surface area contributed by atoms with Crippen molar-refractivity contribution in [2.24, 2.45) is 11.3 Å². The van der Waals surface area contributed by atoms with Gasteiger partial charge in [0.25, 0.3) is 15.9 Å². The van der Waals surface area contributed by atoms with Crippen LogP contribution in [0.2, 0.25) is 0 Å². The molecule has 2 aromatic heterocycles. The summed E-state index contributed by atoms with van der Waals surface area (Å²) in [5, 5.41) is 4.31. The molecule has 0 radical (unpaired) electrons. The number of sulfonamides is 1. The molecule has 1 atom stereocenters. The third kappa shape index (κ3) is 6.38. The van der Waals surface area contributed by atoms with Crippen LogP contribution in [0.3, 0.4) is 0 Å². The maximum atomic E-state index is 13.4. The number of alkyl halides is 3. The van der Waals surface area contributed by atoms with Crippen molar-refractivity contribution in [2.75, 3.05) is 18.1 Å². The molecule has 1 aromatic carbocycles. The molecule has 0 unspecified atom stereocenters.